The fourth-order valence-electron chi connectivity index (χ4n) is 5.18. The molecule has 13 nitrogen and oxygen atoms in total. The van der Waals surface area contributed by atoms with Crippen molar-refractivity contribution in [1.29, 1.82) is 0 Å². The lowest BCUT2D eigenvalue weighted by molar-refractivity contribution is -0.753. The quantitative estimate of drug-likeness (QED) is 0.0897. The van der Waals surface area contributed by atoms with Gasteiger partial charge in [-0.1, -0.05) is 32.1 Å². The van der Waals surface area contributed by atoms with Gasteiger partial charge in [-0.25, -0.2) is 32.9 Å². The number of aromatic nitrogens is 6. The first-order valence-corrected chi connectivity index (χ1v) is 15.6. The first kappa shape index (κ1) is 36.9. The van der Waals surface area contributed by atoms with E-state index in [9.17, 15) is 18.7 Å². The van der Waals surface area contributed by atoms with Crippen LogP contribution in [0.3, 0.4) is 0 Å². The molecular weight excluding hydrogens is 643 g/mol. The molecule has 0 radical (unpaired) electrons. The van der Waals surface area contributed by atoms with Crippen LogP contribution in [0, 0.1) is 17.5 Å². The maximum absolute atomic E-state index is 15.1. The molecule has 0 fully saturated rings. The molecular formula is C33H41F3N9O4+. The molecule has 1 amide bonds. The third-order valence-corrected chi connectivity index (χ3v) is 8.17. The minimum Gasteiger partial charge on any atom is -0.492 e. The number of amides is 1. The Balaban J connectivity index is 1.47. The summed E-state index contributed by atoms with van der Waals surface area (Å²) in [6.45, 7) is 7.20. The standard InChI is InChI=1S/C33H41F3N9O4/c1-21(30-28(36)15-39-18-41-30)33(47,26-11-10-25(34)14-27(26)35)17-45-20-44(19-42-45)23(3)49-32(46)43(4)31-24(8-7-13-40-31)16-48-22(2)29(38)9-5-6-12-37/h7-8,10-11,13-15,18-21,23,29,47H,2,5-6,9,12,16-17,37-38H2,1,3-4H3/q+1/t21-,23?,29-,33+/m0/s1. The van der Waals surface area contributed by atoms with E-state index >= 15 is 4.39 Å². The lowest BCUT2D eigenvalue weighted by Crippen LogP contribution is -2.42. The highest BCUT2D eigenvalue weighted by molar-refractivity contribution is 5.86. The third-order valence-electron chi connectivity index (χ3n) is 8.17. The van der Waals surface area contributed by atoms with Gasteiger partial charge in [-0.05, 0) is 31.5 Å². The molecule has 3 heterocycles. The number of ether oxygens (including phenoxy) is 2. The largest absolute Gasteiger partial charge is 0.492 e. The SMILES string of the molecule is C=C(OCc1cccnc1N(C)C(=O)OC(C)[n+]1cnn(C[C@](O)(c2ccc(F)cc2F)[C@@H](C)c2ncncc2F)c1)[C@@H](N)CCCCN. The first-order chi connectivity index (χ1) is 23.3. The summed E-state index contributed by atoms with van der Waals surface area (Å²) in [5.41, 5.74) is 9.67. The van der Waals surface area contributed by atoms with Crippen LogP contribution in [0.4, 0.5) is 23.8 Å². The number of nitrogens with zero attached hydrogens (tertiary/aromatic N) is 7. The van der Waals surface area contributed by atoms with Gasteiger partial charge in [-0.2, -0.15) is 4.57 Å². The van der Waals surface area contributed by atoms with Crippen LogP contribution in [0.5, 0.6) is 0 Å². The molecule has 16 heteroatoms. The number of carbonyl (C=O) groups is 1. The van der Waals surface area contributed by atoms with Crippen LogP contribution < -0.4 is 20.9 Å². The highest BCUT2D eigenvalue weighted by Gasteiger charge is 2.43. The van der Waals surface area contributed by atoms with Crippen LogP contribution in [-0.4, -0.2) is 55.6 Å². The minimum absolute atomic E-state index is 0.0657. The molecule has 1 unspecified atom stereocenters. The van der Waals surface area contributed by atoms with Crippen LogP contribution in [0.15, 0.2) is 74.0 Å². The summed E-state index contributed by atoms with van der Waals surface area (Å²) in [4.78, 5) is 26.3. The van der Waals surface area contributed by atoms with E-state index < -0.39 is 47.8 Å². The van der Waals surface area contributed by atoms with Crippen LogP contribution >= 0.6 is 0 Å². The predicted octanol–water partition coefficient (Wildman–Crippen LogP) is 3.74. The van der Waals surface area contributed by atoms with Crippen molar-refractivity contribution < 1.29 is 37.1 Å². The summed E-state index contributed by atoms with van der Waals surface area (Å²) in [5, 5.41) is 16.2. The van der Waals surface area contributed by atoms with E-state index in [4.69, 9.17) is 20.9 Å². The van der Waals surface area contributed by atoms with Gasteiger partial charge >= 0.3 is 6.09 Å². The molecule has 4 rings (SSSR count). The Labute approximate surface area is 282 Å². The van der Waals surface area contributed by atoms with Crippen molar-refractivity contribution in [1.82, 2.24) is 24.7 Å². The molecule has 0 aliphatic carbocycles. The molecule has 262 valence electrons. The normalized spacial score (nSPS) is 14.4. The predicted molar refractivity (Wildman–Crippen MR) is 172 cm³/mol. The zero-order valence-corrected chi connectivity index (χ0v) is 27.5. The molecule has 49 heavy (non-hydrogen) atoms. The summed E-state index contributed by atoms with van der Waals surface area (Å²) >= 11 is 0. The van der Waals surface area contributed by atoms with Gasteiger partial charge in [-0.3, -0.25) is 4.90 Å². The van der Waals surface area contributed by atoms with Gasteiger partial charge in [-0.15, -0.1) is 4.68 Å². The van der Waals surface area contributed by atoms with Gasteiger partial charge in [0, 0.05) is 48.4 Å². The second kappa shape index (κ2) is 16.5. The maximum atomic E-state index is 15.1. The van der Waals surface area contributed by atoms with Crippen molar-refractivity contribution in [2.45, 2.75) is 70.1 Å². The smallest absolute Gasteiger partial charge is 0.418 e. The average Bonchev–Trinajstić information content (AvgIpc) is 3.55. The van der Waals surface area contributed by atoms with Crippen LogP contribution in [0.1, 0.15) is 62.1 Å². The molecule has 4 aromatic rings. The summed E-state index contributed by atoms with van der Waals surface area (Å²) in [7, 11) is 1.49. The van der Waals surface area contributed by atoms with E-state index in [2.05, 4.69) is 26.6 Å². The number of pyridine rings is 1. The molecule has 0 saturated carbocycles. The van der Waals surface area contributed by atoms with E-state index in [0.717, 1.165) is 37.5 Å². The van der Waals surface area contributed by atoms with Crippen molar-refractivity contribution in [3.8, 4) is 0 Å². The summed E-state index contributed by atoms with van der Waals surface area (Å²) in [6, 6.07) is 5.79. The Bertz CT molecular complexity index is 1740. The monoisotopic (exact) mass is 684 g/mol. The Morgan fingerprint density at radius 3 is 2.67 bits per heavy atom. The Morgan fingerprint density at radius 2 is 1.96 bits per heavy atom. The number of aliphatic hydroxyl groups is 1. The van der Waals surface area contributed by atoms with Crippen molar-refractivity contribution in [2.75, 3.05) is 18.5 Å². The lowest BCUT2D eigenvalue weighted by atomic mass is 9.79. The molecule has 5 N–H and O–H groups in total. The van der Waals surface area contributed by atoms with Gasteiger partial charge in [0.2, 0.25) is 12.6 Å². The Hall–Kier alpha value is -4.93. The molecule has 1 aromatic carbocycles. The maximum Gasteiger partial charge on any atom is 0.418 e. The number of hydrogen-bond donors (Lipinski definition) is 3. The van der Waals surface area contributed by atoms with Crippen LogP contribution in [-0.2, 0) is 28.2 Å². The molecule has 3 aromatic heterocycles. The first-order valence-electron chi connectivity index (χ1n) is 15.6. The lowest BCUT2D eigenvalue weighted by Gasteiger charge is -2.32. The van der Waals surface area contributed by atoms with E-state index in [-0.39, 0.29) is 23.9 Å². The molecule has 0 spiro atoms. The average molecular weight is 685 g/mol. The van der Waals surface area contributed by atoms with Gasteiger partial charge in [0.05, 0.1) is 17.9 Å². The molecule has 4 atom stereocenters. The Morgan fingerprint density at radius 1 is 1.18 bits per heavy atom. The van der Waals surface area contributed by atoms with Gasteiger partial charge in [0.15, 0.2) is 5.82 Å². The van der Waals surface area contributed by atoms with Gasteiger partial charge in [0.25, 0.3) is 6.33 Å². The van der Waals surface area contributed by atoms with E-state index in [1.807, 2.05) is 0 Å². The minimum atomic E-state index is -2.16. The number of carbonyl (C=O) groups excluding carboxylic acids is 1. The third kappa shape index (κ3) is 8.95. The summed E-state index contributed by atoms with van der Waals surface area (Å²) in [6.07, 6.45) is 7.01. The highest BCUT2D eigenvalue weighted by atomic mass is 19.1. The number of halogens is 3. The number of anilines is 1. The number of unbranched alkanes of at least 4 members (excludes halogenated alkanes) is 1. The van der Waals surface area contributed by atoms with E-state index in [1.54, 1.807) is 19.1 Å². The Kier molecular flexibility index (Phi) is 12.4. The zero-order valence-electron chi connectivity index (χ0n) is 27.5. The van der Waals surface area contributed by atoms with Crippen molar-refractivity contribution in [3.63, 3.8) is 0 Å². The van der Waals surface area contributed by atoms with E-state index in [0.29, 0.717) is 36.2 Å². The summed E-state index contributed by atoms with van der Waals surface area (Å²) in [5.74, 6) is -3.14. The number of hydrogen-bond acceptors (Lipinski definition) is 10. The highest BCUT2D eigenvalue weighted by Crippen LogP contribution is 2.39. The second-order valence-corrected chi connectivity index (χ2v) is 11.6. The van der Waals surface area contributed by atoms with Gasteiger partial charge < -0.3 is 26.0 Å². The zero-order chi connectivity index (χ0) is 35.7. The number of benzene rings is 1. The van der Waals surface area contributed by atoms with Crippen LogP contribution in [0.2, 0.25) is 0 Å². The van der Waals surface area contributed by atoms with E-state index in [1.165, 1.54) is 47.0 Å². The van der Waals surface area contributed by atoms with Crippen molar-refractivity contribution in [2.24, 2.45) is 11.5 Å². The van der Waals surface area contributed by atoms with Crippen molar-refractivity contribution in [3.05, 3.63) is 108 Å². The van der Waals surface area contributed by atoms with Crippen molar-refractivity contribution >= 4 is 11.9 Å². The fourth-order valence-corrected chi connectivity index (χ4v) is 5.18. The van der Waals surface area contributed by atoms with Crippen LogP contribution in [0.25, 0.3) is 0 Å². The second-order valence-electron chi connectivity index (χ2n) is 11.6. The number of nitrogens with two attached hydrogens (primary N) is 2. The molecule has 0 aliphatic rings. The summed E-state index contributed by atoms with van der Waals surface area (Å²) < 4.78 is 57.7. The van der Waals surface area contributed by atoms with Gasteiger partial charge in [0.1, 0.15) is 48.3 Å². The number of rotatable bonds is 16. The molecule has 0 bridgehead atoms. The molecule has 0 aliphatic heterocycles. The molecule has 0 saturated heterocycles. The fraction of sp³-hybridized carbons (Fsp3) is 0.394. The topological polar surface area (TPSA) is 171 Å².